The number of halogens is 5. The molecule has 106 valence electrons. The molecule has 0 aliphatic carbocycles. The molecule has 9 heteroatoms. The van der Waals surface area contributed by atoms with Crippen molar-refractivity contribution in [3.05, 3.63) is 22.9 Å². The number of anilines is 1. The van der Waals surface area contributed by atoms with Crippen molar-refractivity contribution in [2.75, 3.05) is 12.8 Å². The third-order valence-corrected chi connectivity index (χ3v) is 2.21. The number of pyridine rings is 1. The number of carbonyl (C=O) groups excluding carboxylic acids is 1. The van der Waals surface area contributed by atoms with Gasteiger partial charge in [0, 0.05) is 0 Å². The third-order valence-electron chi connectivity index (χ3n) is 2.21. The van der Waals surface area contributed by atoms with Gasteiger partial charge in [-0.05, 0) is 11.6 Å². The van der Waals surface area contributed by atoms with Crippen LogP contribution in [0.1, 0.15) is 23.2 Å². The largest absolute Gasteiger partial charge is 0.469 e. The molecule has 1 heterocycles. The van der Waals surface area contributed by atoms with E-state index in [-0.39, 0.29) is 0 Å². The summed E-state index contributed by atoms with van der Waals surface area (Å²) in [6.07, 6.45) is -9.28. The maximum absolute atomic E-state index is 12.8. The molecule has 0 aromatic carbocycles. The first-order valence-corrected chi connectivity index (χ1v) is 4.88. The van der Waals surface area contributed by atoms with Gasteiger partial charge in [-0.1, -0.05) is 0 Å². The van der Waals surface area contributed by atoms with E-state index in [4.69, 9.17) is 5.73 Å². The molecule has 0 aliphatic rings. The van der Waals surface area contributed by atoms with Gasteiger partial charge in [-0.2, -0.15) is 13.2 Å². The van der Waals surface area contributed by atoms with Crippen molar-refractivity contribution in [2.24, 2.45) is 0 Å². The van der Waals surface area contributed by atoms with Gasteiger partial charge in [0.15, 0.2) is 5.69 Å². The van der Waals surface area contributed by atoms with E-state index in [0.717, 1.165) is 13.2 Å². The highest BCUT2D eigenvalue weighted by Crippen LogP contribution is 2.37. The highest BCUT2D eigenvalue weighted by molar-refractivity contribution is 5.73. The summed E-state index contributed by atoms with van der Waals surface area (Å²) in [4.78, 5) is 13.9. The lowest BCUT2D eigenvalue weighted by atomic mass is 10.0. The van der Waals surface area contributed by atoms with Gasteiger partial charge < -0.3 is 10.5 Å². The zero-order valence-electron chi connectivity index (χ0n) is 9.59. The lowest BCUT2D eigenvalue weighted by molar-refractivity contribution is -0.144. The summed E-state index contributed by atoms with van der Waals surface area (Å²) >= 11 is 0. The van der Waals surface area contributed by atoms with E-state index < -0.39 is 47.6 Å². The third kappa shape index (κ3) is 3.52. The second-order valence-electron chi connectivity index (χ2n) is 3.52. The van der Waals surface area contributed by atoms with E-state index in [2.05, 4.69) is 9.72 Å². The van der Waals surface area contributed by atoms with Gasteiger partial charge in [0.05, 0.1) is 19.1 Å². The predicted octanol–water partition coefficient (Wildman–Crippen LogP) is 2.34. The summed E-state index contributed by atoms with van der Waals surface area (Å²) < 4.78 is 67.6. The SMILES string of the molecule is COC(=O)Cc1cc(N)nc(C(F)(F)F)c1C(F)F. The maximum Gasteiger partial charge on any atom is 0.433 e. The summed E-state index contributed by atoms with van der Waals surface area (Å²) in [5, 5.41) is 0. The average Bonchev–Trinajstić information content (AvgIpc) is 2.26. The zero-order valence-corrected chi connectivity index (χ0v) is 9.59. The van der Waals surface area contributed by atoms with Crippen molar-refractivity contribution in [3.63, 3.8) is 0 Å². The quantitative estimate of drug-likeness (QED) is 0.683. The molecule has 0 amide bonds. The minimum atomic E-state index is -5.09. The van der Waals surface area contributed by atoms with Crippen LogP contribution < -0.4 is 5.73 Å². The number of hydrogen-bond acceptors (Lipinski definition) is 4. The minimum Gasteiger partial charge on any atom is -0.469 e. The lowest BCUT2D eigenvalue weighted by Crippen LogP contribution is -2.18. The first-order chi connectivity index (χ1) is 8.66. The smallest absolute Gasteiger partial charge is 0.433 e. The normalized spacial score (nSPS) is 11.7. The van der Waals surface area contributed by atoms with Crippen molar-refractivity contribution < 1.29 is 31.5 Å². The van der Waals surface area contributed by atoms with Gasteiger partial charge in [-0.15, -0.1) is 0 Å². The highest BCUT2D eigenvalue weighted by Gasteiger charge is 2.39. The van der Waals surface area contributed by atoms with Gasteiger partial charge in [0.1, 0.15) is 5.82 Å². The van der Waals surface area contributed by atoms with Crippen LogP contribution in [-0.2, 0) is 22.1 Å². The Balaban J connectivity index is 3.45. The van der Waals surface area contributed by atoms with E-state index in [1.165, 1.54) is 0 Å². The zero-order chi connectivity index (χ0) is 14.8. The molecule has 0 saturated carbocycles. The summed E-state index contributed by atoms with van der Waals surface area (Å²) in [6, 6.07) is 0.799. The fourth-order valence-electron chi connectivity index (χ4n) is 1.46. The van der Waals surface area contributed by atoms with Crippen LogP contribution in [0.15, 0.2) is 6.07 Å². The second-order valence-corrected chi connectivity index (χ2v) is 3.52. The Labute approximate surface area is 104 Å². The Kier molecular flexibility index (Phi) is 4.28. The number of nitrogens with two attached hydrogens (primary N) is 1. The number of nitrogen functional groups attached to an aromatic ring is 1. The Morgan fingerprint density at radius 2 is 2.05 bits per heavy atom. The number of alkyl halides is 5. The van der Waals surface area contributed by atoms with Crippen LogP contribution in [0.2, 0.25) is 0 Å². The molecule has 0 aliphatic heterocycles. The van der Waals surface area contributed by atoms with Gasteiger partial charge in [0.25, 0.3) is 6.43 Å². The topological polar surface area (TPSA) is 65.2 Å². The average molecular weight is 284 g/mol. The van der Waals surface area contributed by atoms with E-state index in [9.17, 15) is 26.7 Å². The first kappa shape index (κ1) is 15.1. The van der Waals surface area contributed by atoms with Gasteiger partial charge in [-0.25, -0.2) is 13.8 Å². The predicted molar refractivity (Wildman–Crippen MR) is 54.3 cm³/mol. The summed E-state index contributed by atoms with van der Waals surface area (Å²) in [7, 11) is 0.986. The Morgan fingerprint density at radius 1 is 1.47 bits per heavy atom. The summed E-state index contributed by atoms with van der Waals surface area (Å²) in [6.45, 7) is 0. The fraction of sp³-hybridized carbons (Fsp3) is 0.400. The van der Waals surface area contributed by atoms with Crippen LogP contribution in [-0.4, -0.2) is 18.1 Å². The maximum atomic E-state index is 12.8. The molecule has 0 unspecified atom stereocenters. The number of nitrogens with zero attached hydrogens (tertiary/aromatic N) is 1. The Bertz CT molecular complexity index is 488. The molecule has 0 spiro atoms. The van der Waals surface area contributed by atoms with Crippen molar-refractivity contribution in [1.29, 1.82) is 0 Å². The fourth-order valence-corrected chi connectivity index (χ4v) is 1.46. The van der Waals surface area contributed by atoms with E-state index >= 15 is 0 Å². The number of ether oxygens (including phenoxy) is 1. The minimum absolute atomic E-state index is 0.554. The van der Waals surface area contributed by atoms with Crippen LogP contribution in [0.25, 0.3) is 0 Å². The van der Waals surface area contributed by atoms with Crippen molar-refractivity contribution in [2.45, 2.75) is 19.0 Å². The molecule has 0 atom stereocenters. The first-order valence-electron chi connectivity index (χ1n) is 4.88. The van der Waals surface area contributed by atoms with Crippen LogP contribution in [0.3, 0.4) is 0 Å². The molecule has 1 aromatic rings. The van der Waals surface area contributed by atoms with E-state index in [1.807, 2.05) is 0 Å². The molecule has 2 N–H and O–H groups in total. The molecule has 1 rings (SSSR count). The van der Waals surface area contributed by atoms with Crippen molar-refractivity contribution in [1.82, 2.24) is 4.98 Å². The van der Waals surface area contributed by atoms with Gasteiger partial charge in [-0.3, -0.25) is 4.79 Å². The molecular weight excluding hydrogens is 275 g/mol. The molecular formula is C10H9F5N2O2. The number of aromatic nitrogens is 1. The van der Waals surface area contributed by atoms with Crippen LogP contribution in [0, 0.1) is 0 Å². The number of rotatable bonds is 3. The molecule has 0 bridgehead atoms. The summed E-state index contributed by atoms with van der Waals surface area (Å²) in [5.41, 5.74) is 1.44. The standard InChI is InChI=1S/C10H9F5N2O2/c1-19-6(18)3-4-2-5(16)17-8(10(13,14)15)7(4)9(11)12/h2,9H,3H2,1H3,(H2,16,17). The molecule has 1 aromatic heterocycles. The van der Waals surface area contributed by atoms with Crippen LogP contribution in [0.4, 0.5) is 27.8 Å². The Morgan fingerprint density at radius 3 is 2.47 bits per heavy atom. The van der Waals surface area contributed by atoms with Crippen molar-refractivity contribution >= 4 is 11.8 Å². The number of hydrogen-bond donors (Lipinski definition) is 1. The van der Waals surface area contributed by atoms with E-state index in [0.29, 0.717) is 0 Å². The monoisotopic (exact) mass is 284 g/mol. The molecule has 4 nitrogen and oxygen atoms in total. The van der Waals surface area contributed by atoms with E-state index in [1.54, 1.807) is 0 Å². The molecule has 0 fully saturated rings. The van der Waals surface area contributed by atoms with Crippen LogP contribution in [0.5, 0.6) is 0 Å². The second kappa shape index (κ2) is 5.37. The Hall–Kier alpha value is -1.93. The highest BCUT2D eigenvalue weighted by atomic mass is 19.4. The molecule has 0 saturated heterocycles. The van der Waals surface area contributed by atoms with Gasteiger partial charge >= 0.3 is 12.1 Å². The number of esters is 1. The van der Waals surface area contributed by atoms with Crippen molar-refractivity contribution in [3.8, 4) is 0 Å². The van der Waals surface area contributed by atoms with Crippen LogP contribution >= 0.6 is 0 Å². The molecule has 0 radical (unpaired) electrons. The number of carbonyl (C=O) groups is 1. The molecule has 19 heavy (non-hydrogen) atoms. The van der Waals surface area contributed by atoms with Gasteiger partial charge in [0.2, 0.25) is 0 Å². The summed E-state index contributed by atoms with van der Waals surface area (Å²) in [5.74, 6) is -1.56. The lowest BCUT2D eigenvalue weighted by Gasteiger charge is -2.15. The number of methoxy groups -OCH3 is 1.